The Bertz CT molecular complexity index is 845. The first-order valence-corrected chi connectivity index (χ1v) is 9.76. The van der Waals surface area contributed by atoms with Crippen molar-refractivity contribution in [3.05, 3.63) is 58.0 Å². The van der Waals surface area contributed by atoms with Crippen molar-refractivity contribution in [2.45, 2.75) is 64.7 Å². The summed E-state index contributed by atoms with van der Waals surface area (Å²) < 4.78 is 5.74. The Kier molecular flexibility index (Phi) is 5.22. The lowest BCUT2D eigenvalue weighted by atomic mass is 9.62. The van der Waals surface area contributed by atoms with Gasteiger partial charge in [0.1, 0.15) is 5.76 Å². The summed E-state index contributed by atoms with van der Waals surface area (Å²) in [4.78, 5) is 12.0. The fourth-order valence-corrected chi connectivity index (χ4v) is 4.00. The normalized spacial score (nSPS) is 17.4. The number of aliphatic hydroxyl groups excluding tert-OH is 1. The van der Waals surface area contributed by atoms with Crippen LogP contribution < -0.4 is 5.32 Å². The van der Waals surface area contributed by atoms with Crippen LogP contribution >= 0.6 is 0 Å². The molecule has 1 aliphatic rings. The average molecular weight is 370 g/mol. The summed E-state index contributed by atoms with van der Waals surface area (Å²) in [5.74, 6) is 0.774. The maximum Gasteiger partial charge on any atom is 0.287 e. The minimum absolute atomic E-state index is 0.0836. The van der Waals surface area contributed by atoms with Crippen molar-refractivity contribution in [1.29, 1.82) is 0 Å². The van der Waals surface area contributed by atoms with Crippen LogP contribution in [0.5, 0.6) is 0 Å². The molecule has 0 radical (unpaired) electrons. The number of nitrogens with one attached hydrogen (secondary N) is 1. The molecular formula is C23H31NO3. The highest BCUT2D eigenvalue weighted by Gasteiger charge is 2.37. The summed E-state index contributed by atoms with van der Waals surface area (Å²) in [6.45, 7) is 11.6. The molecule has 1 aromatic heterocycles. The number of aliphatic hydroxyl groups is 1. The highest BCUT2D eigenvalue weighted by molar-refractivity contribution is 5.91. The van der Waals surface area contributed by atoms with E-state index in [-0.39, 0.29) is 35.6 Å². The van der Waals surface area contributed by atoms with Crippen LogP contribution in [0.1, 0.15) is 79.1 Å². The molecule has 0 saturated carbocycles. The summed E-state index contributed by atoms with van der Waals surface area (Å²) in [5, 5.41) is 11.4. The van der Waals surface area contributed by atoms with Crippen molar-refractivity contribution in [2.75, 3.05) is 13.2 Å². The van der Waals surface area contributed by atoms with Crippen molar-refractivity contribution in [1.82, 2.24) is 5.32 Å². The minimum atomic E-state index is -0.291. The van der Waals surface area contributed by atoms with E-state index in [2.05, 4.69) is 52.1 Å². The third-order valence-corrected chi connectivity index (χ3v) is 5.96. The zero-order valence-corrected chi connectivity index (χ0v) is 17.1. The Morgan fingerprint density at radius 1 is 1.11 bits per heavy atom. The van der Waals surface area contributed by atoms with Gasteiger partial charge >= 0.3 is 0 Å². The number of benzene rings is 1. The molecule has 146 valence electrons. The molecule has 1 aromatic carbocycles. The molecule has 4 heteroatoms. The van der Waals surface area contributed by atoms with Crippen molar-refractivity contribution in [3.63, 3.8) is 0 Å². The fraction of sp³-hybridized carbons (Fsp3) is 0.522. The van der Waals surface area contributed by atoms with E-state index in [1.54, 1.807) is 6.07 Å². The van der Waals surface area contributed by atoms with E-state index in [4.69, 9.17) is 9.52 Å². The Labute approximate surface area is 162 Å². The highest BCUT2D eigenvalue weighted by atomic mass is 16.3. The second-order valence-corrected chi connectivity index (χ2v) is 9.01. The molecule has 2 aromatic rings. The number of aryl methyl sites for hydroxylation is 1. The number of hydrogen-bond donors (Lipinski definition) is 2. The highest BCUT2D eigenvalue weighted by Crippen LogP contribution is 2.46. The monoisotopic (exact) mass is 369 g/mol. The summed E-state index contributed by atoms with van der Waals surface area (Å²) in [7, 11) is 0. The SMILES string of the molecule is Cc1cc2c(cc1Cc1ccc(C(=O)NCCO)o1)C(C)(C)CCC2(C)C. The third kappa shape index (κ3) is 3.96. The van der Waals surface area contributed by atoms with Crippen molar-refractivity contribution < 1.29 is 14.3 Å². The fourth-order valence-electron chi connectivity index (χ4n) is 4.00. The number of rotatable bonds is 5. The first kappa shape index (κ1) is 19.7. The standard InChI is InChI=1S/C23H31NO3/c1-15-12-18-19(23(4,5)9-8-22(18,2)3)14-16(15)13-17-6-7-20(27-17)21(26)24-10-11-25/h6-7,12,14,25H,8-11,13H2,1-5H3,(H,24,26). The molecule has 3 rings (SSSR count). The molecule has 0 aliphatic heterocycles. The zero-order chi connectivity index (χ0) is 19.8. The minimum Gasteiger partial charge on any atom is -0.456 e. The van der Waals surface area contributed by atoms with Crippen LogP contribution in [0.3, 0.4) is 0 Å². The Balaban J connectivity index is 1.89. The van der Waals surface area contributed by atoms with Gasteiger partial charge in [-0.1, -0.05) is 39.8 Å². The number of amides is 1. The molecule has 4 nitrogen and oxygen atoms in total. The van der Waals surface area contributed by atoms with Crippen LogP contribution in [0.15, 0.2) is 28.7 Å². The van der Waals surface area contributed by atoms with Crippen LogP contribution in [0.25, 0.3) is 0 Å². The van der Waals surface area contributed by atoms with E-state index in [9.17, 15) is 4.79 Å². The van der Waals surface area contributed by atoms with E-state index >= 15 is 0 Å². The van der Waals surface area contributed by atoms with Gasteiger partial charge in [-0.15, -0.1) is 0 Å². The molecule has 0 fully saturated rings. The number of fused-ring (bicyclic) bond motifs is 1. The van der Waals surface area contributed by atoms with Crippen LogP contribution in [0.4, 0.5) is 0 Å². The largest absolute Gasteiger partial charge is 0.456 e. The van der Waals surface area contributed by atoms with E-state index in [0.29, 0.717) is 6.42 Å². The second kappa shape index (κ2) is 7.16. The maximum absolute atomic E-state index is 12.0. The number of furan rings is 1. The van der Waals surface area contributed by atoms with Crippen LogP contribution in [0, 0.1) is 6.92 Å². The van der Waals surface area contributed by atoms with E-state index in [1.807, 2.05) is 6.07 Å². The topological polar surface area (TPSA) is 62.5 Å². The molecule has 0 spiro atoms. The summed E-state index contributed by atoms with van der Waals surface area (Å²) in [6.07, 6.45) is 3.06. The lowest BCUT2D eigenvalue weighted by Crippen LogP contribution is -2.34. The van der Waals surface area contributed by atoms with Crippen LogP contribution in [-0.2, 0) is 17.3 Å². The Hall–Kier alpha value is -2.07. The van der Waals surface area contributed by atoms with Gasteiger partial charge < -0.3 is 14.8 Å². The third-order valence-electron chi connectivity index (χ3n) is 5.96. The van der Waals surface area contributed by atoms with Crippen molar-refractivity contribution in [2.24, 2.45) is 0 Å². The first-order chi connectivity index (χ1) is 12.6. The Morgan fingerprint density at radius 3 is 2.37 bits per heavy atom. The van der Waals surface area contributed by atoms with Gasteiger partial charge in [-0.25, -0.2) is 0 Å². The predicted octanol–water partition coefficient (Wildman–Crippen LogP) is 4.25. The smallest absolute Gasteiger partial charge is 0.287 e. The maximum atomic E-state index is 12.0. The van der Waals surface area contributed by atoms with Gasteiger partial charge in [0.05, 0.1) is 6.61 Å². The van der Waals surface area contributed by atoms with Crippen molar-refractivity contribution >= 4 is 5.91 Å². The molecule has 27 heavy (non-hydrogen) atoms. The van der Waals surface area contributed by atoms with Crippen LogP contribution in [0.2, 0.25) is 0 Å². The summed E-state index contributed by atoms with van der Waals surface area (Å²) in [5.41, 5.74) is 5.79. The molecule has 0 bridgehead atoms. The van der Waals surface area contributed by atoms with Crippen molar-refractivity contribution in [3.8, 4) is 0 Å². The molecule has 0 unspecified atom stereocenters. The van der Waals surface area contributed by atoms with Gasteiger partial charge in [-0.3, -0.25) is 4.79 Å². The van der Waals surface area contributed by atoms with Gasteiger partial charge in [-0.05, 0) is 65.0 Å². The van der Waals surface area contributed by atoms with Gasteiger partial charge in [0.2, 0.25) is 0 Å². The van der Waals surface area contributed by atoms with E-state index in [0.717, 1.165) is 5.76 Å². The Morgan fingerprint density at radius 2 is 1.74 bits per heavy atom. The molecule has 1 amide bonds. The number of carbonyl (C=O) groups is 1. The summed E-state index contributed by atoms with van der Waals surface area (Å²) in [6, 6.07) is 8.26. The number of hydrogen-bond acceptors (Lipinski definition) is 3. The lowest BCUT2D eigenvalue weighted by Gasteiger charge is -2.42. The summed E-state index contributed by atoms with van der Waals surface area (Å²) >= 11 is 0. The van der Waals surface area contributed by atoms with Crippen LogP contribution in [-0.4, -0.2) is 24.2 Å². The van der Waals surface area contributed by atoms with E-state index in [1.165, 1.54) is 35.1 Å². The number of carbonyl (C=O) groups excluding carboxylic acids is 1. The van der Waals surface area contributed by atoms with Gasteiger partial charge in [0.15, 0.2) is 5.76 Å². The molecule has 0 atom stereocenters. The second-order valence-electron chi connectivity index (χ2n) is 9.01. The van der Waals surface area contributed by atoms with E-state index < -0.39 is 0 Å². The van der Waals surface area contributed by atoms with Gasteiger partial charge in [0, 0.05) is 13.0 Å². The molecule has 0 saturated heterocycles. The van der Waals surface area contributed by atoms with Gasteiger partial charge in [0.25, 0.3) is 5.91 Å². The molecule has 2 N–H and O–H groups in total. The first-order valence-electron chi connectivity index (χ1n) is 9.76. The quantitative estimate of drug-likeness (QED) is 0.828. The molecule has 1 aliphatic carbocycles. The average Bonchev–Trinajstić information content (AvgIpc) is 3.07. The predicted molar refractivity (Wildman–Crippen MR) is 107 cm³/mol. The molecular weight excluding hydrogens is 338 g/mol. The lowest BCUT2D eigenvalue weighted by molar-refractivity contribution is 0.0915. The molecule has 1 heterocycles. The zero-order valence-electron chi connectivity index (χ0n) is 17.1. The van der Waals surface area contributed by atoms with Gasteiger partial charge in [-0.2, -0.15) is 0 Å².